The number of pyridine rings is 1. The van der Waals surface area contributed by atoms with Gasteiger partial charge in [-0.2, -0.15) is 0 Å². The zero-order valence-corrected chi connectivity index (χ0v) is 14.7. The molecule has 1 aromatic rings. The third-order valence-corrected chi connectivity index (χ3v) is 4.12. The Morgan fingerprint density at radius 2 is 1.96 bits per heavy atom. The summed E-state index contributed by atoms with van der Waals surface area (Å²) in [7, 11) is 2.16. The van der Waals surface area contributed by atoms with Crippen molar-refractivity contribution < 1.29 is 4.79 Å². The highest BCUT2D eigenvalue weighted by atomic mass is 16.2. The Morgan fingerprint density at radius 1 is 1.26 bits per heavy atom. The maximum Gasteiger partial charge on any atom is 0.320 e. The molecule has 2 rings (SSSR count). The molecule has 2 N–H and O–H groups in total. The molecule has 0 unspecified atom stereocenters. The maximum absolute atomic E-state index is 12.0. The van der Waals surface area contributed by atoms with Crippen molar-refractivity contribution in [3.8, 4) is 0 Å². The number of urea groups is 1. The van der Waals surface area contributed by atoms with Gasteiger partial charge in [0.05, 0.1) is 0 Å². The van der Waals surface area contributed by atoms with Crippen LogP contribution in [0.4, 0.5) is 10.6 Å². The van der Waals surface area contributed by atoms with Crippen LogP contribution in [0.5, 0.6) is 0 Å². The normalized spacial score (nSPS) is 17.7. The van der Waals surface area contributed by atoms with Crippen LogP contribution < -0.4 is 10.6 Å². The lowest BCUT2D eigenvalue weighted by molar-refractivity contribution is 0.138. The van der Waals surface area contributed by atoms with Crippen LogP contribution in [0.3, 0.4) is 0 Å². The summed E-state index contributed by atoms with van der Waals surface area (Å²) >= 11 is 0. The molecule has 2 heterocycles. The number of rotatable bonds is 5. The van der Waals surface area contributed by atoms with Gasteiger partial charge in [-0.3, -0.25) is 5.32 Å². The topological polar surface area (TPSA) is 60.5 Å². The van der Waals surface area contributed by atoms with Crippen LogP contribution in [0.2, 0.25) is 0 Å². The van der Waals surface area contributed by atoms with Gasteiger partial charge in [0.15, 0.2) is 0 Å². The van der Waals surface area contributed by atoms with Gasteiger partial charge in [0.2, 0.25) is 0 Å². The smallest absolute Gasteiger partial charge is 0.320 e. The minimum Gasteiger partial charge on any atom is -0.338 e. The number of nitrogens with zero attached hydrogens (tertiary/aromatic N) is 3. The first-order chi connectivity index (χ1) is 10.9. The van der Waals surface area contributed by atoms with Gasteiger partial charge in [0, 0.05) is 45.0 Å². The summed E-state index contributed by atoms with van der Waals surface area (Å²) in [5.41, 5.74) is 2.00. The van der Waals surface area contributed by atoms with E-state index >= 15 is 0 Å². The molecule has 6 heteroatoms. The average molecular weight is 319 g/mol. The molecule has 1 atom stereocenters. The number of carbonyl (C=O) groups excluding carboxylic acids is 1. The molecule has 1 fully saturated rings. The first kappa shape index (κ1) is 17.7. The Hall–Kier alpha value is -1.66. The summed E-state index contributed by atoms with van der Waals surface area (Å²) in [5, 5.41) is 5.75. The molecule has 128 valence electrons. The van der Waals surface area contributed by atoms with Gasteiger partial charge in [0.25, 0.3) is 0 Å². The molecule has 0 aliphatic carbocycles. The summed E-state index contributed by atoms with van der Waals surface area (Å²) in [4.78, 5) is 21.1. The quantitative estimate of drug-likeness (QED) is 0.867. The Kier molecular flexibility index (Phi) is 6.36. The predicted octanol–water partition coefficient (Wildman–Crippen LogP) is 1.70. The van der Waals surface area contributed by atoms with Crippen molar-refractivity contribution in [3.63, 3.8) is 0 Å². The van der Waals surface area contributed by atoms with Gasteiger partial charge >= 0.3 is 6.03 Å². The maximum atomic E-state index is 12.0. The molecule has 0 aromatic carbocycles. The molecule has 2 amide bonds. The summed E-state index contributed by atoms with van der Waals surface area (Å²) in [6.45, 7) is 12.3. The van der Waals surface area contributed by atoms with Crippen LogP contribution in [-0.4, -0.2) is 67.1 Å². The van der Waals surface area contributed by atoms with Gasteiger partial charge in [-0.15, -0.1) is 0 Å². The highest BCUT2D eigenvalue weighted by Gasteiger charge is 2.16. The van der Waals surface area contributed by atoms with Crippen molar-refractivity contribution in [1.82, 2.24) is 20.1 Å². The molecule has 1 aliphatic heterocycles. The summed E-state index contributed by atoms with van der Waals surface area (Å²) in [5.74, 6) is 1.03. The molecule has 6 nitrogen and oxygen atoms in total. The number of aryl methyl sites for hydroxylation is 2. The van der Waals surface area contributed by atoms with Crippen LogP contribution in [0.25, 0.3) is 0 Å². The van der Waals surface area contributed by atoms with E-state index in [0.717, 1.165) is 44.0 Å². The average Bonchev–Trinajstić information content (AvgIpc) is 2.46. The fraction of sp³-hybridized carbons (Fsp3) is 0.647. The van der Waals surface area contributed by atoms with E-state index in [9.17, 15) is 4.79 Å². The van der Waals surface area contributed by atoms with Crippen LogP contribution in [0, 0.1) is 19.8 Å². The second kappa shape index (κ2) is 8.26. The number of nitrogens with one attached hydrogen (secondary N) is 2. The molecule has 1 aromatic heterocycles. The SMILES string of the molecule is Cc1cc(C)nc(NC(=O)NC[C@@H](C)CN2CCN(C)CC2)c1. The fourth-order valence-corrected chi connectivity index (χ4v) is 2.87. The molecule has 0 spiro atoms. The minimum absolute atomic E-state index is 0.187. The fourth-order valence-electron chi connectivity index (χ4n) is 2.87. The molecule has 1 saturated heterocycles. The monoisotopic (exact) mass is 319 g/mol. The Labute approximate surface area is 139 Å². The third kappa shape index (κ3) is 6.15. The van der Waals surface area contributed by atoms with Crippen molar-refractivity contribution in [2.45, 2.75) is 20.8 Å². The highest BCUT2D eigenvalue weighted by molar-refractivity contribution is 5.88. The number of likely N-dealkylation sites (N-methyl/N-ethyl adjacent to an activating group) is 1. The lowest BCUT2D eigenvalue weighted by Crippen LogP contribution is -2.47. The molecule has 1 aliphatic rings. The number of hydrogen-bond acceptors (Lipinski definition) is 4. The minimum atomic E-state index is -0.187. The Balaban J connectivity index is 1.71. The van der Waals surface area contributed by atoms with E-state index < -0.39 is 0 Å². The summed E-state index contributed by atoms with van der Waals surface area (Å²) in [6.07, 6.45) is 0. The zero-order valence-electron chi connectivity index (χ0n) is 14.7. The number of piperazine rings is 1. The molecule has 23 heavy (non-hydrogen) atoms. The van der Waals surface area contributed by atoms with Gasteiger partial charge < -0.3 is 15.1 Å². The lowest BCUT2D eigenvalue weighted by atomic mass is 10.1. The molecule has 0 bridgehead atoms. The molecule has 0 radical (unpaired) electrons. The number of hydrogen-bond donors (Lipinski definition) is 2. The number of carbonyl (C=O) groups is 1. The number of anilines is 1. The summed E-state index contributed by atoms with van der Waals surface area (Å²) < 4.78 is 0. The van der Waals surface area contributed by atoms with E-state index in [1.807, 2.05) is 26.0 Å². The first-order valence-electron chi connectivity index (χ1n) is 8.33. The Morgan fingerprint density at radius 3 is 2.61 bits per heavy atom. The van der Waals surface area contributed by atoms with Crippen LogP contribution in [-0.2, 0) is 0 Å². The number of amides is 2. The van der Waals surface area contributed by atoms with E-state index in [4.69, 9.17) is 0 Å². The van der Waals surface area contributed by atoms with E-state index in [-0.39, 0.29) is 6.03 Å². The number of aromatic nitrogens is 1. The van der Waals surface area contributed by atoms with Gasteiger partial charge in [0.1, 0.15) is 5.82 Å². The summed E-state index contributed by atoms with van der Waals surface area (Å²) in [6, 6.07) is 3.68. The van der Waals surface area contributed by atoms with E-state index in [1.165, 1.54) is 0 Å². The second-order valence-electron chi connectivity index (χ2n) is 6.72. The van der Waals surface area contributed by atoms with Crippen molar-refractivity contribution in [2.75, 3.05) is 51.6 Å². The van der Waals surface area contributed by atoms with E-state index in [2.05, 4.69) is 39.4 Å². The van der Waals surface area contributed by atoms with Crippen molar-refractivity contribution in [2.24, 2.45) is 5.92 Å². The highest BCUT2D eigenvalue weighted by Crippen LogP contribution is 2.09. The third-order valence-electron chi connectivity index (χ3n) is 4.12. The second-order valence-corrected chi connectivity index (χ2v) is 6.72. The lowest BCUT2D eigenvalue weighted by Gasteiger charge is -2.33. The van der Waals surface area contributed by atoms with Crippen LogP contribution in [0.15, 0.2) is 12.1 Å². The predicted molar refractivity (Wildman–Crippen MR) is 93.8 cm³/mol. The van der Waals surface area contributed by atoms with Gasteiger partial charge in [-0.25, -0.2) is 9.78 Å². The van der Waals surface area contributed by atoms with Gasteiger partial charge in [-0.05, 0) is 44.5 Å². The van der Waals surface area contributed by atoms with Crippen LogP contribution in [0.1, 0.15) is 18.2 Å². The molecular formula is C17H29N5O. The van der Waals surface area contributed by atoms with Crippen molar-refractivity contribution in [1.29, 1.82) is 0 Å². The zero-order chi connectivity index (χ0) is 16.8. The van der Waals surface area contributed by atoms with Gasteiger partial charge in [-0.1, -0.05) is 6.92 Å². The molecular weight excluding hydrogens is 290 g/mol. The van der Waals surface area contributed by atoms with E-state index in [1.54, 1.807) is 0 Å². The van der Waals surface area contributed by atoms with E-state index in [0.29, 0.717) is 18.3 Å². The first-order valence-corrected chi connectivity index (χ1v) is 8.33. The van der Waals surface area contributed by atoms with Crippen molar-refractivity contribution >= 4 is 11.8 Å². The van der Waals surface area contributed by atoms with Crippen LogP contribution >= 0.6 is 0 Å². The Bertz CT molecular complexity index is 505. The largest absolute Gasteiger partial charge is 0.338 e. The van der Waals surface area contributed by atoms with Crippen molar-refractivity contribution in [3.05, 3.63) is 23.4 Å². The standard InChI is InChI=1S/C17H29N5O/c1-13-9-15(3)19-16(10-13)20-17(23)18-11-14(2)12-22-7-5-21(4)6-8-22/h9-10,14H,5-8,11-12H2,1-4H3,(H2,18,19,20,23)/t14-/m1/s1. The molecule has 0 saturated carbocycles.